The lowest BCUT2D eigenvalue weighted by Gasteiger charge is -2.21. The summed E-state index contributed by atoms with van der Waals surface area (Å²) >= 11 is 3.46. The number of hydrogen-bond donors (Lipinski definition) is 0. The Morgan fingerprint density at radius 3 is 2.65 bits per heavy atom. The van der Waals surface area contributed by atoms with Gasteiger partial charge in [0.25, 0.3) is 5.56 Å². The Morgan fingerprint density at radius 1 is 1.13 bits per heavy atom. The predicted octanol–water partition coefficient (Wildman–Crippen LogP) is 5.60. The van der Waals surface area contributed by atoms with Crippen LogP contribution in [-0.2, 0) is 6.42 Å². The second-order valence-corrected chi connectivity index (χ2v) is 9.26. The summed E-state index contributed by atoms with van der Waals surface area (Å²) in [6.07, 6.45) is 7.05. The molecular formula is C25H29BrN4O. The van der Waals surface area contributed by atoms with E-state index in [4.69, 9.17) is 4.98 Å². The second-order valence-electron chi connectivity index (χ2n) is 8.34. The Labute approximate surface area is 191 Å². The van der Waals surface area contributed by atoms with Gasteiger partial charge in [-0.05, 0) is 80.1 Å². The number of unbranched alkanes of at least 4 members (excludes halogenated alkanes) is 1. The minimum Gasteiger partial charge on any atom is -0.371 e. The largest absolute Gasteiger partial charge is 0.371 e. The highest BCUT2D eigenvalue weighted by atomic mass is 79.9. The van der Waals surface area contributed by atoms with E-state index in [0.29, 0.717) is 16.7 Å². The van der Waals surface area contributed by atoms with Gasteiger partial charge in [0.15, 0.2) is 0 Å². The third kappa shape index (κ3) is 4.59. The molecule has 1 aliphatic heterocycles. The van der Waals surface area contributed by atoms with Gasteiger partial charge in [-0.25, -0.2) is 4.98 Å². The maximum absolute atomic E-state index is 13.2. The number of halogens is 1. The number of anilines is 1. The Bertz CT molecular complexity index is 1190. The molecule has 0 aliphatic carbocycles. The van der Waals surface area contributed by atoms with Crippen molar-refractivity contribution in [1.29, 1.82) is 0 Å². The summed E-state index contributed by atoms with van der Waals surface area (Å²) in [4.78, 5) is 20.5. The highest BCUT2D eigenvalue weighted by Crippen LogP contribution is 2.27. The summed E-state index contributed by atoms with van der Waals surface area (Å²) in [5.41, 5.74) is 5.33. The van der Waals surface area contributed by atoms with Crippen molar-refractivity contribution in [3.05, 3.63) is 67.7 Å². The minimum atomic E-state index is -0.128. The molecule has 6 heteroatoms. The fraction of sp³-hybridized carbons (Fsp3) is 0.400. The van der Waals surface area contributed by atoms with Crippen LogP contribution in [0, 0.1) is 13.8 Å². The third-order valence-electron chi connectivity index (χ3n) is 5.97. The lowest BCUT2D eigenvalue weighted by atomic mass is 10.0. The Hall–Kier alpha value is -2.47. The van der Waals surface area contributed by atoms with Gasteiger partial charge < -0.3 is 4.90 Å². The van der Waals surface area contributed by atoms with Crippen LogP contribution in [0.2, 0.25) is 0 Å². The van der Waals surface area contributed by atoms with Crippen LogP contribution >= 0.6 is 15.9 Å². The van der Waals surface area contributed by atoms with Gasteiger partial charge >= 0.3 is 0 Å². The number of hydrogen-bond acceptors (Lipinski definition) is 4. The molecule has 2 heterocycles. The van der Waals surface area contributed by atoms with Crippen molar-refractivity contribution in [2.75, 3.05) is 18.0 Å². The third-order valence-corrected chi connectivity index (χ3v) is 6.47. The molecule has 0 unspecified atom stereocenters. The molecule has 3 aromatic rings. The van der Waals surface area contributed by atoms with E-state index >= 15 is 0 Å². The molecule has 0 atom stereocenters. The van der Waals surface area contributed by atoms with Crippen LogP contribution in [-0.4, -0.2) is 29.0 Å². The zero-order valence-corrected chi connectivity index (χ0v) is 20.1. The number of aryl methyl sites for hydroxylation is 3. The highest BCUT2D eigenvalue weighted by molar-refractivity contribution is 9.10. The Morgan fingerprint density at radius 2 is 1.90 bits per heavy atom. The molecule has 1 fully saturated rings. The number of benzene rings is 2. The van der Waals surface area contributed by atoms with Crippen LogP contribution in [0.5, 0.6) is 0 Å². The predicted molar refractivity (Wildman–Crippen MR) is 133 cm³/mol. The van der Waals surface area contributed by atoms with E-state index in [1.807, 2.05) is 18.2 Å². The molecule has 0 bridgehead atoms. The molecule has 0 N–H and O–H groups in total. The number of fused-ring (bicyclic) bond motifs is 1. The maximum Gasteiger partial charge on any atom is 0.282 e. The van der Waals surface area contributed by atoms with Crippen molar-refractivity contribution in [2.45, 2.75) is 52.9 Å². The SMILES string of the molecule is CCCCc1nc2ccc(Br)cc2c(=O)n1N=Cc1cc(C)c(N2CCCC2)cc1C. The van der Waals surface area contributed by atoms with E-state index in [0.717, 1.165) is 48.0 Å². The molecule has 1 aliphatic rings. The number of nitrogens with zero attached hydrogens (tertiary/aromatic N) is 4. The van der Waals surface area contributed by atoms with E-state index in [1.54, 1.807) is 6.21 Å². The van der Waals surface area contributed by atoms with Crippen molar-refractivity contribution in [3.8, 4) is 0 Å². The van der Waals surface area contributed by atoms with Crippen molar-refractivity contribution < 1.29 is 0 Å². The monoisotopic (exact) mass is 480 g/mol. The normalized spacial score (nSPS) is 14.3. The zero-order chi connectivity index (χ0) is 22.0. The first-order valence-electron chi connectivity index (χ1n) is 11.1. The average Bonchev–Trinajstić information content (AvgIpc) is 3.29. The molecule has 1 aromatic heterocycles. The Kier molecular flexibility index (Phi) is 6.56. The summed E-state index contributed by atoms with van der Waals surface area (Å²) in [5.74, 6) is 0.709. The molecule has 2 aromatic carbocycles. The van der Waals surface area contributed by atoms with Crippen molar-refractivity contribution in [2.24, 2.45) is 5.10 Å². The number of rotatable bonds is 6. The highest BCUT2D eigenvalue weighted by Gasteiger charge is 2.16. The standard InChI is InChI=1S/C25H29BrN4O/c1-4-5-8-24-28-22-10-9-20(26)15-21(22)25(31)30(24)27-16-19-13-18(3)23(14-17(19)2)29-11-6-7-12-29/h9-10,13-16H,4-8,11-12H2,1-3H3. The van der Waals surface area contributed by atoms with Crippen LogP contribution in [0.15, 0.2) is 44.7 Å². The first-order valence-corrected chi connectivity index (χ1v) is 11.9. The molecule has 0 amide bonds. The second kappa shape index (κ2) is 9.35. The van der Waals surface area contributed by atoms with Gasteiger partial charge in [-0.3, -0.25) is 4.79 Å². The topological polar surface area (TPSA) is 50.5 Å². The molecule has 5 nitrogen and oxygen atoms in total. The van der Waals surface area contributed by atoms with Crippen LogP contribution in [0.4, 0.5) is 5.69 Å². The van der Waals surface area contributed by atoms with Gasteiger partial charge in [0, 0.05) is 29.7 Å². The van der Waals surface area contributed by atoms with Crippen molar-refractivity contribution in [1.82, 2.24) is 9.66 Å². The van der Waals surface area contributed by atoms with Gasteiger partial charge in [-0.2, -0.15) is 9.78 Å². The molecule has 0 saturated carbocycles. The van der Waals surface area contributed by atoms with E-state index in [1.165, 1.54) is 28.8 Å². The van der Waals surface area contributed by atoms with E-state index in [2.05, 4.69) is 58.8 Å². The Balaban J connectivity index is 1.75. The molecule has 1 saturated heterocycles. The molecule has 0 spiro atoms. The molecule has 4 rings (SSSR count). The maximum atomic E-state index is 13.2. The van der Waals surface area contributed by atoms with Crippen LogP contribution in [0.25, 0.3) is 10.9 Å². The van der Waals surface area contributed by atoms with Gasteiger partial charge in [0.1, 0.15) is 5.82 Å². The summed E-state index contributed by atoms with van der Waals surface area (Å²) in [6.45, 7) is 8.65. The fourth-order valence-corrected chi connectivity index (χ4v) is 4.55. The average molecular weight is 481 g/mol. The van der Waals surface area contributed by atoms with E-state index in [9.17, 15) is 4.79 Å². The van der Waals surface area contributed by atoms with Crippen LogP contribution in [0.1, 0.15) is 55.1 Å². The lowest BCUT2D eigenvalue weighted by molar-refractivity contribution is 0.675. The van der Waals surface area contributed by atoms with Gasteiger partial charge in [-0.15, -0.1) is 0 Å². The molecule has 0 radical (unpaired) electrons. The lowest BCUT2D eigenvalue weighted by Crippen LogP contribution is -2.22. The number of aromatic nitrogens is 2. The fourth-order valence-electron chi connectivity index (χ4n) is 4.19. The van der Waals surface area contributed by atoms with Crippen LogP contribution < -0.4 is 10.5 Å². The molecular weight excluding hydrogens is 452 g/mol. The molecule has 31 heavy (non-hydrogen) atoms. The summed E-state index contributed by atoms with van der Waals surface area (Å²) in [5, 5.41) is 5.20. The smallest absolute Gasteiger partial charge is 0.282 e. The first-order chi connectivity index (χ1) is 15.0. The van der Waals surface area contributed by atoms with Crippen molar-refractivity contribution >= 4 is 38.7 Å². The van der Waals surface area contributed by atoms with Gasteiger partial charge in [0.05, 0.1) is 17.1 Å². The zero-order valence-electron chi connectivity index (χ0n) is 18.5. The summed E-state index contributed by atoms with van der Waals surface area (Å²) in [7, 11) is 0. The summed E-state index contributed by atoms with van der Waals surface area (Å²) in [6, 6.07) is 10.0. The quantitative estimate of drug-likeness (QED) is 0.431. The van der Waals surface area contributed by atoms with E-state index in [-0.39, 0.29) is 5.56 Å². The minimum absolute atomic E-state index is 0.128. The van der Waals surface area contributed by atoms with Gasteiger partial charge in [-0.1, -0.05) is 29.3 Å². The summed E-state index contributed by atoms with van der Waals surface area (Å²) < 4.78 is 2.34. The first kappa shape index (κ1) is 21.8. The van der Waals surface area contributed by atoms with E-state index < -0.39 is 0 Å². The van der Waals surface area contributed by atoms with Crippen LogP contribution in [0.3, 0.4) is 0 Å². The van der Waals surface area contributed by atoms with Crippen molar-refractivity contribution in [3.63, 3.8) is 0 Å². The van der Waals surface area contributed by atoms with Gasteiger partial charge in [0.2, 0.25) is 0 Å². The molecule has 162 valence electrons.